The van der Waals surface area contributed by atoms with Gasteiger partial charge in [0.2, 0.25) is 0 Å². The SMILES string of the molecule is CSCC[C@@H](NC(=O)c1cc2ccccc2[nH]1)C(=O)O. The summed E-state index contributed by atoms with van der Waals surface area (Å²) in [5.74, 6) is -0.720. The number of carboxylic acid groups (broad SMARTS) is 1. The maximum absolute atomic E-state index is 12.1. The van der Waals surface area contributed by atoms with Crippen LogP contribution in [0.4, 0.5) is 0 Å². The van der Waals surface area contributed by atoms with Gasteiger partial charge in [-0.25, -0.2) is 4.79 Å². The number of nitrogens with one attached hydrogen (secondary N) is 2. The van der Waals surface area contributed by atoms with Crippen molar-refractivity contribution in [3.63, 3.8) is 0 Å². The fourth-order valence-electron chi connectivity index (χ4n) is 1.92. The summed E-state index contributed by atoms with van der Waals surface area (Å²) in [5, 5.41) is 12.6. The number of hydrogen-bond acceptors (Lipinski definition) is 3. The van der Waals surface area contributed by atoms with E-state index in [4.69, 9.17) is 5.11 Å². The largest absolute Gasteiger partial charge is 0.480 e. The number of amides is 1. The number of thioether (sulfide) groups is 1. The van der Waals surface area contributed by atoms with E-state index < -0.39 is 17.9 Å². The molecule has 1 aromatic carbocycles. The van der Waals surface area contributed by atoms with Crippen LogP contribution >= 0.6 is 11.8 Å². The highest BCUT2D eigenvalue weighted by atomic mass is 32.2. The van der Waals surface area contributed by atoms with Gasteiger partial charge in [0, 0.05) is 10.9 Å². The molecule has 5 nitrogen and oxygen atoms in total. The summed E-state index contributed by atoms with van der Waals surface area (Å²) < 4.78 is 0. The van der Waals surface area contributed by atoms with E-state index in [0.717, 1.165) is 10.9 Å². The average Bonchev–Trinajstić information content (AvgIpc) is 2.86. The molecule has 2 aromatic rings. The molecule has 0 fully saturated rings. The first kappa shape index (κ1) is 14.5. The number of carboxylic acids is 1. The van der Waals surface area contributed by atoms with Crippen LogP contribution in [0.1, 0.15) is 16.9 Å². The quantitative estimate of drug-likeness (QED) is 0.761. The Morgan fingerprint density at radius 2 is 2.15 bits per heavy atom. The standard InChI is InChI=1S/C14H16N2O3S/c1-20-7-6-11(14(18)19)16-13(17)12-8-9-4-2-3-5-10(9)15-12/h2-5,8,11,15H,6-7H2,1H3,(H,16,17)(H,18,19)/t11-/m1/s1. The van der Waals surface area contributed by atoms with Crippen molar-refractivity contribution in [1.29, 1.82) is 0 Å². The molecule has 0 aliphatic rings. The number of H-pyrrole nitrogens is 1. The van der Waals surface area contributed by atoms with Gasteiger partial charge in [-0.1, -0.05) is 18.2 Å². The smallest absolute Gasteiger partial charge is 0.326 e. The lowest BCUT2D eigenvalue weighted by Gasteiger charge is -2.13. The zero-order valence-corrected chi connectivity index (χ0v) is 11.9. The number of para-hydroxylation sites is 1. The molecule has 106 valence electrons. The molecule has 0 bridgehead atoms. The Morgan fingerprint density at radius 3 is 2.80 bits per heavy atom. The van der Waals surface area contributed by atoms with E-state index in [1.807, 2.05) is 30.5 Å². The Hall–Kier alpha value is -1.95. The van der Waals surface area contributed by atoms with Crippen molar-refractivity contribution in [2.45, 2.75) is 12.5 Å². The van der Waals surface area contributed by atoms with E-state index in [9.17, 15) is 9.59 Å². The maximum atomic E-state index is 12.1. The summed E-state index contributed by atoms with van der Waals surface area (Å²) in [6, 6.07) is 8.38. The lowest BCUT2D eigenvalue weighted by molar-refractivity contribution is -0.139. The molecular formula is C14H16N2O3S. The predicted octanol–water partition coefficient (Wildman–Crippen LogP) is 2.10. The minimum Gasteiger partial charge on any atom is -0.480 e. The van der Waals surface area contributed by atoms with Gasteiger partial charge in [-0.3, -0.25) is 4.79 Å². The van der Waals surface area contributed by atoms with Crippen LogP contribution in [0.5, 0.6) is 0 Å². The minimum absolute atomic E-state index is 0.376. The van der Waals surface area contributed by atoms with Crippen molar-refractivity contribution in [3.8, 4) is 0 Å². The highest BCUT2D eigenvalue weighted by Crippen LogP contribution is 2.14. The second-order valence-corrected chi connectivity index (χ2v) is 5.40. The minimum atomic E-state index is -1.01. The number of rotatable bonds is 6. The lowest BCUT2D eigenvalue weighted by Crippen LogP contribution is -2.41. The molecule has 3 N–H and O–H groups in total. The zero-order valence-electron chi connectivity index (χ0n) is 11.1. The Bertz CT molecular complexity index is 591. The first-order valence-corrected chi connectivity index (χ1v) is 7.61. The molecule has 0 aliphatic heterocycles. The fourth-order valence-corrected chi connectivity index (χ4v) is 2.40. The lowest BCUT2D eigenvalue weighted by atomic mass is 10.2. The molecule has 2 rings (SSSR count). The third-order valence-electron chi connectivity index (χ3n) is 2.99. The maximum Gasteiger partial charge on any atom is 0.326 e. The molecule has 0 saturated carbocycles. The van der Waals surface area contributed by atoms with E-state index in [2.05, 4.69) is 10.3 Å². The van der Waals surface area contributed by atoms with Crippen molar-refractivity contribution in [1.82, 2.24) is 10.3 Å². The number of hydrogen-bond donors (Lipinski definition) is 3. The first-order valence-electron chi connectivity index (χ1n) is 6.22. The fraction of sp³-hybridized carbons (Fsp3) is 0.286. The molecule has 0 unspecified atom stereocenters. The van der Waals surface area contributed by atoms with Crippen LogP contribution in [0, 0.1) is 0 Å². The number of carbonyl (C=O) groups excluding carboxylic acids is 1. The first-order chi connectivity index (χ1) is 9.61. The summed E-state index contributed by atoms with van der Waals surface area (Å²) in [6.45, 7) is 0. The molecule has 1 heterocycles. The number of benzene rings is 1. The van der Waals surface area contributed by atoms with E-state index in [0.29, 0.717) is 17.9 Å². The molecule has 0 aliphatic carbocycles. The summed E-state index contributed by atoms with van der Waals surface area (Å²) in [6.07, 6.45) is 2.31. The van der Waals surface area contributed by atoms with Gasteiger partial charge < -0.3 is 15.4 Å². The Labute approximate surface area is 120 Å². The molecule has 0 saturated heterocycles. The normalized spacial score (nSPS) is 12.2. The Morgan fingerprint density at radius 1 is 1.40 bits per heavy atom. The second kappa shape index (κ2) is 6.47. The number of aromatic nitrogens is 1. The molecule has 1 aromatic heterocycles. The molecular weight excluding hydrogens is 276 g/mol. The van der Waals surface area contributed by atoms with E-state index in [-0.39, 0.29) is 0 Å². The van der Waals surface area contributed by atoms with Crippen LogP contribution in [-0.4, -0.2) is 40.0 Å². The number of aliphatic carboxylic acids is 1. The monoisotopic (exact) mass is 292 g/mol. The van der Waals surface area contributed by atoms with Crippen LogP contribution < -0.4 is 5.32 Å². The van der Waals surface area contributed by atoms with Gasteiger partial charge >= 0.3 is 5.97 Å². The summed E-state index contributed by atoms with van der Waals surface area (Å²) in [4.78, 5) is 26.2. The second-order valence-electron chi connectivity index (χ2n) is 4.42. The van der Waals surface area contributed by atoms with Crippen LogP contribution in [0.3, 0.4) is 0 Å². The van der Waals surface area contributed by atoms with Crippen molar-refractivity contribution < 1.29 is 14.7 Å². The highest BCUT2D eigenvalue weighted by molar-refractivity contribution is 7.98. The van der Waals surface area contributed by atoms with Crippen molar-refractivity contribution in [2.24, 2.45) is 0 Å². The average molecular weight is 292 g/mol. The number of aromatic amines is 1. The van der Waals surface area contributed by atoms with Crippen LogP contribution in [0.25, 0.3) is 10.9 Å². The Balaban J connectivity index is 2.11. The van der Waals surface area contributed by atoms with E-state index in [1.54, 1.807) is 17.8 Å². The summed E-state index contributed by atoms with van der Waals surface area (Å²) in [7, 11) is 0. The molecule has 6 heteroatoms. The van der Waals surface area contributed by atoms with Gasteiger partial charge in [0.25, 0.3) is 5.91 Å². The van der Waals surface area contributed by atoms with Crippen molar-refractivity contribution in [2.75, 3.05) is 12.0 Å². The zero-order chi connectivity index (χ0) is 14.5. The van der Waals surface area contributed by atoms with Crippen LogP contribution in [-0.2, 0) is 4.79 Å². The van der Waals surface area contributed by atoms with Gasteiger partial charge in [0.05, 0.1) is 0 Å². The van der Waals surface area contributed by atoms with E-state index in [1.165, 1.54) is 0 Å². The highest BCUT2D eigenvalue weighted by Gasteiger charge is 2.20. The molecule has 1 amide bonds. The van der Waals surface area contributed by atoms with Crippen molar-refractivity contribution >= 4 is 34.5 Å². The third kappa shape index (κ3) is 3.33. The molecule has 1 atom stereocenters. The van der Waals surface area contributed by atoms with Gasteiger partial charge in [-0.15, -0.1) is 0 Å². The summed E-state index contributed by atoms with van der Waals surface area (Å²) >= 11 is 1.55. The van der Waals surface area contributed by atoms with Crippen LogP contribution in [0.15, 0.2) is 30.3 Å². The van der Waals surface area contributed by atoms with Crippen LogP contribution in [0.2, 0.25) is 0 Å². The predicted molar refractivity (Wildman–Crippen MR) is 80.2 cm³/mol. The molecule has 20 heavy (non-hydrogen) atoms. The van der Waals surface area contributed by atoms with Gasteiger partial charge in [0.1, 0.15) is 11.7 Å². The van der Waals surface area contributed by atoms with Gasteiger partial charge in [-0.2, -0.15) is 11.8 Å². The Kier molecular flexibility index (Phi) is 4.68. The van der Waals surface area contributed by atoms with Crippen molar-refractivity contribution in [3.05, 3.63) is 36.0 Å². The van der Waals surface area contributed by atoms with E-state index >= 15 is 0 Å². The molecule has 0 radical (unpaired) electrons. The topological polar surface area (TPSA) is 82.2 Å². The summed E-state index contributed by atoms with van der Waals surface area (Å²) in [5.41, 5.74) is 1.23. The third-order valence-corrected chi connectivity index (χ3v) is 3.63. The van der Waals surface area contributed by atoms with Gasteiger partial charge in [0.15, 0.2) is 0 Å². The molecule has 0 spiro atoms. The van der Waals surface area contributed by atoms with Gasteiger partial charge in [-0.05, 0) is 30.6 Å². The number of carbonyl (C=O) groups is 2. The number of fused-ring (bicyclic) bond motifs is 1.